The first-order valence-electron chi connectivity index (χ1n) is 9.74. The highest BCUT2D eigenvalue weighted by atomic mass is 16.5. The second-order valence-corrected chi connectivity index (χ2v) is 9.15. The van der Waals surface area contributed by atoms with Gasteiger partial charge in [-0.2, -0.15) is 0 Å². The summed E-state index contributed by atoms with van der Waals surface area (Å²) in [6.45, 7) is 6.19. The van der Waals surface area contributed by atoms with Crippen LogP contribution in [0, 0.1) is 28.6 Å². The van der Waals surface area contributed by atoms with E-state index >= 15 is 0 Å². The smallest absolute Gasteiger partial charge is 0.302 e. The van der Waals surface area contributed by atoms with Crippen molar-refractivity contribution >= 4 is 11.8 Å². The Morgan fingerprint density at radius 3 is 2.58 bits per heavy atom. The van der Waals surface area contributed by atoms with E-state index < -0.39 is 0 Å². The average molecular weight is 330 g/mol. The summed E-state index contributed by atoms with van der Waals surface area (Å²) < 4.78 is 5.50. The van der Waals surface area contributed by atoms with Gasteiger partial charge in [-0.25, -0.2) is 0 Å². The summed E-state index contributed by atoms with van der Waals surface area (Å²) in [5.41, 5.74) is 1.74. The van der Waals surface area contributed by atoms with Crippen molar-refractivity contribution in [3.05, 3.63) is 11.6 Å². The van der Waals surface area contributed by atoms with Crippen LogP contribution >= 0.6 is 0 Å². The minimum atomic E-state index is -0.157. The lowest BCUT2D eigenvalue weighted by Crippen LogP contribution is -2.50. The maximum absolute atomic E-state index is 12.4. The molecule has 3 heteroatoms. The Hall–Kier alpha value is -1.12. The predicted octanol–water partition coefficient (Wildman–Crippen LogP) is 4.45. The van der Waals surface area contributed by atoms with Crippen molar-refractivity contribution < 1.29 is 14.3 Å². The number of fused-ring (bicyclic) bond motifs is 5. The molecule has 6 atom stereocenters. The maximum Gasteiger partial charge on any atom is 0.302 e. The highest BCUT2D eigenvalue weighted by molar-refractivity contribution is 5.87. The number of esters is 1. The highest BCUT2D eigenvalue weighted by Gasteiger charge is 2.58. The molecule has 0 aromatic rings. The van der Waals surface area contributed by atoms with Crippen molar-refractivity contribution in [2.75, 3.05) is 0 Å². The minimum Gasteiger partial charge on any atom is -0.462 e. The third kappa shape index (κ3) is 2.23. The van der Waals surface area contributed by atoms with Gasteiger partial charge in [0.2, 0.25) is 0 Å². The van der Waals surface area contributed by atoms with Gasteiger partial charge in [0.1, 0.15) is 11.9 Å². The third-order valence-corrected chi connectivity index (χ3v) is 8.10. The normalized spacial score (nSPS) is 47.3. The van der Waals surface area contributed by atoms with Crippen molar-refractivity contribution in [2.24, 2.45) is 28.6 Å². The molecule has 24 heavy (non-hydrogen) atoms. The number of ketones is 1. The lowest BCUT2D eigenvalue weighted by atomic mass is 9.48. The Morgan fingerprint density at radius 1 is 1.12 bits per heavy atom. The number of allylic oxidation sites excluding steroid dienone is 1. The molecule has 4 aliphatic rings. The molecule has 3 saturated carbocycles. The highest BCUT2D eigenvalue weighted by Crippen LogP contribution is 2.64. The van der Waals surface area contributed by atoms with Gasteiger partial charge in [0.05, 0.1) is 0 Å². The third-order valence-electron chi connectivity index (χ3n) is 8.10. The van der Waals surface area contributed by atoms with Gasteiger partial charge < -0.3 is 4.74 Å². The SMILES string of the molecule is CC(=O)O[C@H]1CC[C@@]2(C)C(=CC[C@H]3C4CCC(=O)[C@@]4(C)CC[C@@H]32)C1. The number of hydrogen-bond acceptors (Lipinski definition) is 3. The van der Waals surface area contributed by atoms with E-state index in [0.717, 1.165) is 44.9 Å². The van der Waals surface area contributed by atoms with E-state index in [1.807, 2.05) is 0 Å². The van der Waals surface area contributed by atoms with Gasteiger partial charge in [0.25, 0.3) is 0 Å². The van der Waals surface area contributed by atoms with Crippen LogP contribution in [0.5, 0.6) is 0 Å². The molecule has 3 fully saturated rings. The van der Waals surface area contributed by atoms with Gasteiger partial charge in [-0.15, -0.1) is 0 Å². The first-order valence-corrected chi connectivity index (χ1v) is 9.74. The van der Waals surface area contributed by atoms with Gasteiger partial charge in [0.15, 0.2) is 0 Å². The fraction of sp³-hybridized carbons (Fsp3) is 0.810. The molecule has 0 saturated heterocycles. The Labute approximate surface area is 145 Å². The van der Waals surface area contributed by atoms with E-state index in [9.17, 15) is 9.59 Å². The molecule has 4 aliphatic carbocycles. The molecule has 0 amide bonds. The van der Waals surface area contributed by atoms with E-state index in [4.69, 9.17) is 4.74 Å². The average Bonchev–Trinajstić information content (AvgIpc) is 2.83. The van der Waals surface area contributed by atoms with E-state index in [1.165, 1.54) is 18.9 Å². The fourth-order valence-corrected chi connectivity index (χ4v) is 6.73. The van der Waals surface area contributed by atoms with Crippen LogP contribution in [0.3, 0.4) is 0 Å². The number of Topliss-reactive ketones (excluding diaryl/α,β-unsaturated/α-hetero) is 1. The molecule has 0 aromatic heterocycles. The Kier molecular flexibility index (Phi) is 3.71. The lowest BCUT2D eigenvalue weighted by Gasteiger charge is -2.56. The summed E-state index contributed by atoms with van der Waals surface area (Å²) in [5, 5.41) is 0. The van der Waals surface area contributed by atoms with E-state index in [1.54, 1.807) is 0 Å². The number of rotatable bonds is 1. The fourth-order valence-electron chi connectivity index (χ4n) is 6.73. The summed E-state index contributed by atoms with van der Waals surface area (Å²) in [5.74, 6) is 2.33. The van der Waals surface area contributed by atoms with Crippen LogP contribution in [0.2, 0.25) is 0 Å². The maximum atomic E-state index is 12.4. The molecule has 0 radical (unpaired) electrons. The van der Waals surface area contributed by atoms with Gasteiger partial charge in [-0.05, 0) is 61.7 Å². The predicted molar refractivity (Wildman–Crippen MR) is 92.3 cm³/mol. The number of ether oxygens (including phenoxy) is 1. The van der Waals surface area contributed by atoms with Crippen LogP contribution in [-0.2, 0) is 14.3 Å². The number of carbonyl (C=O) groups excluding carboxylic acids is 2. The molecule has 0 aliphatic heterocycles. The van der Waals surface area contributed by atoms with Gasteiger partial charge in [-0.1, -0.05) is 25.5 Å². The zero-order chi connectivity index (χ0) is 17.1. The lowest BCUT2D eigenvalue weighted by molar-refractivity contribution is -0.148. The molecule has 0 spiro atoms. The monoisotopic (exact) mass is 330 g/mol. The zero-order valence-electron chi connectivity index (χ0n) is 15.3. The van der Waals surface area contributed by atoms with E-state index in [2.05, 4.69) is 19.9 Å². The first-order chi connectivity index (χ1) is 11.3. The molecule has 132 valence electrons. The second kappa shape index (κ2) is 5.44. The molecule has 3 nitrogen and oxygen atoms in total. The standard InChI is InChI=1S/C21H30O3/c1-13(22)24-15-8-10-20(2)14(12-15)4-5-16-17-6-7-19(23)21(17,3)11-9-18(16)20/h4,15-18H,5-12H2,1-3H3/t15-,16-,17?,18-,20-,21-/m0/s1. The number of carbonyl (C=O) groups is 2. The summed E-state index contributed by atoms with van der Waals surface area (Å²) >= 11 is 0. The van der Waals surface area contributed by atoms with Crippen LogP contribution < -0.4 is 0 Å². The van der Waals surface area contributed by atoms with E-state index in [0.29, 0.717) is 23.5 Å². The van der Waals surface area contributed by atoms with Crippen LogP contribution in [0.15, 0.2) is 11.6 Å². The van der Waals surface area contributed by atoms with Crippen molar-refractivity contribution in [1.29, 1.82) is 0 Å². The van der Waals surface area contributed by atoms with Crippen molar-refractivity contribution in [3.63, 3.8) is 0 Å². The molecule has 0 N–H and O–H groups in total. The molecular formula is C21H30O3. The molecule has 0 bridgehead atoms. The van der Waals surface area contributed by atoms with Crippen molar-refractivity contribution in [2.45, 2.75) is 78.2 Å². The number of hydrogen-bond donors (Lipinski definition) is 0. The molecule has 1 unspecified atom stereocenters. The Bertz CT molecular complexity index is 606. The Morgan fingerprint density at radius 2 is 1.83 bits per heavy atom. The summed E-state index contributed by atoms with van der Waals surface area (Å²) in [7, 11) is 0. The molecule has 4 rings (SSSR count). The van der Waals surface area contributed by atoms with Gasteiger partial charge in [-0.3, -0.25) is 9.59 Å². The molecular weight excluding hydrogens is 300 g/mol. The summed E-state index contributed by atoms with van der Waals surface area (Å²) in [4.78, 5) is 23.7. The van der Waals surface area contributed by atoms with Crippen LogP contribution in [0.25, 0.3) is 0 Å². The first kappa shape index (κ1) is 16.4. The topological polar surface area (TPSA) is 43.4 Å². The Balaban J connectivity index is 1.60. The van der Waals surface area contributed by atoms with Crippen LogP contribution in [-0.4, -0.2) is 17.9 Å². The zero-order valence-corrected chi connectivity index (χ0v) is 15.3. The van der Waals surface area contributed by atoms with Crippen LogP contribution in [0.4, 0.5) is 0 Å². The van der Waals surface area contributed by atoms with Gasteiger partial charge >= 0.3 is 5.97 Å². The van der Waals surface area contributed by atoms with Gasteiger partial charge in [0, 0.05) is 25.2 Å². The summed E-state index contributed by atoms with van der Waals surface area (Å²) in [6.07, 6.45) is 10.8. The molecule has 0 aromatic carbocycles. The second-order valence-electron chi connectivity index (χ2n) is 9.15. The quantitative estimate of drug-likeness (QED) is 0.527. The minimum absolute atomic E-state index is 0.0438. The molecule has 0 heterocycles. The van der Waals surface area contributed by atoms with Crippen molar-refractivity contribution in [1.82, 2.24) is 0 Å². The largest absolute Gasteiger partial charge is 0.462 e. The van der Waals surface area contributed by atoms with E-state index in [-0.39, 0.29) is 22.9 Å². The van der Waals surface area contributed by atoms with Crippen LogP contribution in [0.1, 0.15) is 72.1 Å². The summed E-state index contributed by atoms with van der Waals surface area (Å²) in [6, 6.07) is 0. The van der Waals surface area contributed by atoms with Crippen molar-refractivity contribution in [3.8, 4) is 0 Å².